The molecule has 2 heterocycles. The molecule has 0 fully saturated rings. The molecule has 10 heteroatoms. The molecule has 1 aromatic carbocycles. The quantitative estimate of drug-likeness (QED) is 0.455. The number of aromatic nitrogens is 4. The van der Waals surface area contributed by atoms with Gasteiger partial charge in [-0.05, 0) is 24.6 Å². The van der Waals surface area contributed by atoms with E-state index in [-0.39, 0.29) is 17.6 Å². The minimum Gasteiger partial charge on any atom is -0.394 e. The molecule has 0 aliphatic rings. The Morgan fingerprint density at radius 3 is 2.86 bits per heavy atom. The van der Waals surface area contributed by atoms with Gasteiger partial charge in [0.2, 0.25) is 5.95 Å². The zero-order valence-electron chi connectivity index (χ0n) is 15.0. The van der Waals surface area contributed by atoms with E-state index in [0.29, 0.717) is 23.6 Å². The SMILES string of the molecule is CC(O)Cn1cc(Nc2ncc(Cl)c(NC(CO)c3cccc(F)c3)n2)cn1. The van der Waals surface area contributed by atoms with E-state index in [1.165, 1.54) is 18.3 Å². The van der Waals surface area contributed by atoms with Crippen molar-refractivity contribution in [3.63, 3.8) is 0 Å². The number of nitrogens with one attached hydrogen (secondary N) is 2. The Labute approximate surface area is 166 Å². The van der Waals surface area contributed by atoms with Crippen LogP contribution in [0.25, 0.3) is 0 Å². The Morgan fingerprint density at radius 1 is 1.32 bits per heavy atom. The first kappa shape index (κ1) is 20.0. The molecule has 0 radical (unpaired) electrons. The third kappa shape index (κ3) is 5.16. The molecule has 3 rings (SSSR count). The Balaban J connectivity index is 1.76. The lowest BCUT2D eigenvalue weighted by Crippen LogP contribution is -2.16. The van der Waals surface area contributed by atoms with Crippen molar-refractivity contribution in [2.75, 3.05) is 17.2 Å². The number of nitrogens with zero attached hydrogens (tertiary/aromatic N) is 4. The molecule has 0 amide bonds. The lowest BCUT2D eigenvalue weighted by molar-refractivity contribution is 0.168. The van der Waals surface area contributed by atoms with Crippen LogP contribution in [0.3, 0.4) is 0 Å². The van der Waals surface area contributed by atoms with Crippen LogP contribution in [0.4, 0.5) is 21.8 Å². The average molecular weight is 407 g/mol. The van der Waals surface area contributed by atoms with Gasteiger partial charge in [-0.25, -0.2) is 9.37 Å². The first-order chi connectivity index (χ1) is 13.4. The molecule has 3 aromatic rings. The zero-order valence-corrected chi connectivity index (χ0v) is 15.8. The van der Waals surface area contributed by atoms with E-state index in [2.05, 4.69) is 25.7 Å². The van der Waals surface area contributed by atoms with Crippen molar-refractivity contribution in [2.45, 2.75) is 25.6 Å². The summed E-state index contributed by atoms with van der Waals surface area (Å²) >= 11 is 6.17. The monoisotopic (exact) mass is 406 g/mol. The van der Waals surface area contributed by atoms with Gasteiger partial charge < -0.3 is 20.8 Å². The van der Waals surface area contributed by atoms with Crippen molar-refractivity contribution < 1.29 is 14.6 Å². The molecule has 4 N–H and O–H groups in total. The molecule has 0 saturated carbocycles. The van der Waals surface area contributed by atoms with E-state index < -0.39 is 18.0 Å². The fourth-order valence-electron chi connectivity index (χ4n) is 2.58. The summed E-state index contributed by atoms with van der Waals surface area (Å²) in [5.41, 5.74) is 1.20. The van der Waals surface area contributed by atoms with Gasteiger partial charge in [0.05, 0.1) is 43.4 Å². The van der Waals surface area contributed by atoms with Crippen LogP contribution < -0.4 is 10.6 Å². The topological polar surface area (TPSA) is 108 Å². The highest BCUT2D eigenvalue weighted by Crippen LogP contribution is 2.26. The van der Waals surface area contributed by atoms with Crippen LogP contribution in [0, 0.1) is 5.82 Å². The smallest absolute Gasteiger partial charge is 0.229 e. The molecule has 2 unspecified atom stereocenters. The highest BCUT2D eigenvalue weighted by Gasteiger charge is 2.15. The minimum absolute atomic E-state index is 0.255. The summed E-state index contributed by atoms with van der Waals surface area (Å²) < 4.78 is 15.1. The van der Waals surface area contributed by atoms with Crippen LogP contribution in [0.5, 0.6) is 0 Å². The Hall–Kier alpha value is -2.75. The fraction of sp³-hybridized carbons (Fsp3) is 0.278. The molecule has 2 aromatic heterocycles. The van der Waals surface area contributed by atoms with Crippen LogP contribution >= 0.6 is 11.6 Å². The van der Waals surface area contributed by atoms with Crippen LogP contribution in [0.1, 0.15) is 18.5 Å². The number of hydrogen-bond acceptors (Lipinski definition) is 7. The van der Waals surface area contributed by atoms with Crippen LogP contribution in [-0.2, 0) is 6.54 Å². The molecule has 0 aliphatic heterocycles. The lowest BCUT2D eigenvalue weighted by Gasteiger charge is -2.18. The zero-order chi connectivity index (χ0) is 20.1. The van der Waals surface area contributed by atoms with E-state index >= 15 is 0 Å². The van der Waals surface area contributed by atoms with E-state index in [0.717, 1.165) is 0 Å². The van der Waals surface area contributed by atoms with Gasteiger partial charge in [0.1, 0.15) is 10.8 Å². The maximum absolute atomic E-state index is 13.5. The van der Waals surface area contributed by atoms with Gasteiger partial charge in [0.25, 0.3) is 0 Å². The summed E-state index contributed by atoms with van der Waals surface area (Å²) in [5.74, 6) is 0.154. The lowest BCUT2D eigenvalue weighted by atomic mass is 10.1. The van der Waals surface area contributed by atoms with Gasteiger partial charge in [-0.3, -0.25) is 4.68 Å². The third-order valence-electron chi connectivity index (χ3n) is 3.83. The molecular formula is C18H20ClFN6O2. The van der Waals surface area contributed by atoms with Crippen molar-refractivity contribution >= 4 is 29.1 Å². The predicted octanol–water partition coefficient (Wildman–Crippen LogP) is 2.74. The number of rotatable bonds is 8. The minimum atomic E-state index is -0.593. The van der Waals surface area contributed by atoms with Crippen molar-refractivity contribution in [2.24, 2.45) is 0 Å². The average Bonchev–Trinajstić information content (AvgIpc) is 3.08. The van der Waals surface area contributed by atoms with Crippen LogP contribution in [-0.4, -0.2) is 42.7 Å². The molecule has 0 saturated heterocycles. The maximum Gasteiger partial charge on any atom is 0.229 e. The second-order valence-corrected chi connectivity index (χ2v) is 6.66. The number of halogens is 2. The van der Waals surface area contributed by atoms with Crippen molar-refractivity contribution in [1.82, 2.24) is 19.7 Å². The molecule has 148 valence electrons. The van der Waals surface area contributed by atoms with Gasteiger partial charge in [-0.15, -0.1) is 0 Å². The van der Waals surface area contributed by atoms with Gasteiger partial charge in [0.15, 0.2) is 5.82 Å². The molecular weight excluding hydrogens is 387 g/mol. The van der Waals surface area contributed by atoms with E-state index in [1.54, 1.807) is 36.1 Å². The molecule has 8 nitrogen and oxygen atoms in total. The van der Waals surface area contributed by atoms with Crippen molar-refractivity contribution in [3.05, 3.63) is 59.3 Å². The number of anilines is 3. The largest absolute Gasteiger partial charge is 0.394 e. The maximum atomic E-state index is 13.5. The standard InChI is InChI=1S/C18H20ClFN6O2/c1-11(28)8-26-9-14(6-22-26)23-18-21-7-15(19)17(25-18)24-16(10-27)12-3-2-4-13(20)5-12/h2-7,9,11,16,27-28H,8,10H2,1H3,(H2,21,23,24,25). The second-order valence-electron chi connectivity index (χ2n) is 6.25. The Bertz CT molecular complexity index is 936. The summed E-state index contributed by atoms with van der Waals surface area (Å²) in [6, 6.07) is 5.33. The second kappa shape index (κ2) is 8.96. The van der Waals surface area contributed by atoms with E-state index in [4.69, 9.17) is 11.6 Å². The summed E-state index contributed by atoms with van der Waals surface area (Å²) in [6.07, 6.45) is 4.19. The predicted molar refractivity (Wildman–Crippen MR) is 104 cm³/mol. The van der Waals surface area contributed by atoms with Crippen LogP contribution in [0.2, 0.25) is 5.02 Å². The van der Waals surface area contributed by atoms with Gasteiger partial charge in [0, 0.05) is 6.20 Å². The Kier molecular flexibility index (Phi) is 6.40. The first-order valence-corrected chi connectivity index (χ1v) is 8.95. The first-order valence-electron chi connectivity index (χ1n) is 8.57. The van der Waals surface area contributed by atoms with E-state index in [1.807, 2.05) is 0 Å². The molecule has 0 bridgehead atoms. The number of aliphatic hydroxyl groups is 2. The summed E-state index contributed by atoms with van der Waals surface area (Å²) in [4.78, 5) is 8.44. The summed E-state index contributed by atoms with van der Waals surface area (Å²) in [6.45, 7) is 1.76. The van der Waals surface area contributed by atoms with E-state index in [9.17, 15) is 14.6 Å². The highest BCUT2D eigenvalue weighted by molar-refractivity contribution is 6.32. The van der Waals surface area contributed by atoms with Gasteiger partial charge >= 0.3 is 0 Å². The molecule has 0 aliphatic carbocycles. The number of aliphatic hydroxyl groups excluding tert-OH is 2. The number of hydrogen-bond donors (Lipinski definition) is 4. The van der Waals surface area contributed by atoms with Crippen molar-refractivity contribution in [1.29, 1.82) is 0 Å². The molecule has 28 heavy (non-hydrogen) atoms. The van der Waals surface area contributed by atoms with Gasteiger partial charge in [-0.1, -0.05) is 23.7 Å². The highest BCUT2D eigenvalue weighted by atomic mass is 35.5. The molecule has 2 atom stereocenters. The fourth-order valence-corrected chi connectivity index (χ4v) is 2.72. The Morgan fingerprint density at radius 2 is 2.14 bits per heavy atom. The van der Waals surface area contributed by atoms with Crippen LogP contribution in [0.15, 0.2) is 42.9 Å². The molecule has 0 spiro atoms. The summed E-state index contributed by atoms with van der Waals surface area (Å²) in [5, 5.41) is 29.5. The third-order valence-corrected chi connectivity index (χ3v) is 4.11. The van der Waals surface area contributed by atoms with Gasteiger partial charge in [-0.2, -0.15) is 10.1 Å². The summed E-state index contributed by atoms with van der Waals surface area (Å²) in [7, 11) is 0. The number of benzene rings is 1. The normalized spacial score (nSPS) is 13.2. The van der Waals surface area contributed by atoms with Crippen molar-refractivity contribution in [3.8, 4) is 0 Å².